The Labute approximate surface area is 230 Å². The van der Waals surface area contributed by atoms with Crippen LogP contribution in [-0.4, -0.2) is 4.57 Å². The number of fused-ring (bicyclic) bond motifs is 12. The van der Waals surface area contributed by atoms with Crippen LogP contribution in [0.15, 0.2) is 115 Å². The van der Waals surface area contributed by atoms with E-state index >= 15 is 0 Å². The molecule has 0 spiro atoms. The molecule has 0 radical (unpaired) electrons. The van der Waals surface area contributed by atoms with E-state index in [9.17, 15) is 0 Å². The van der Waals surface area contributed by atoms with E-state index in [2.05, 4.69) is 134 Å². The lowest BCUT2D eigenvalue weighted by Gasteiger charge is -2.23. The third-order valence-corrected chi connectivity index (χ3v) is 10.2. The van der Waals surface area contributed by atoms with Crippen molar-refractivity contribution in [3.05, 3.63) is 126 Å². The molecule has 0 amide bonds. The summed E-state index contributed by atoms with van der Waals surface area (Å²) in [6.45, 7) is 4.76. The zero-order valence-electron chi connectivity index (χ0n) is 21.8. The van der Waals surface area contributed by atoms with Gasteiger partial charge in [-0.25, -0.2) is 0 Å². The summed E-state index contributed by atoms with van der Waals surface area (Å²) in [6.07, 6.45) is 0. The van der Waals surface area contributed by atoms with Gasteiger partial charge >= 0.3 is 0 Å². The maximum absolute atomic E-state index is 2.49. The minimum Gasteiger partial charge on any atom is -0.308 e. The zero-order valence-corrected chi connectivity index (χ0v) is 22.6. The standard InChI is InChI=1S/C37H25NS/c1-37(2)29-14-6-3-10-22(29)25-19-18-24-26(35(25)37)20-21-31-34(24)28-12-4-7-15-30(28)38(31)32-16-9-13-27-23-11-5-8-17-33(23)39-36(27)32/h3-21H,1-2H3. The zero-order chi connectivity index (χ0) is 25.9. The molecular weight excluding hydrogens is 490 g/mol. The Morgan fingerprint density at radius 1 is 0.538 bits per heavy atom. The fourth-order valence-corrected chi connectivity index (χ4v) is 8.54. The monoisotopic (exact) mass is 515 g/mol. The van der Waals surface area contributed by atoms with Crippen molar-refractivity contribution < 1.29 is 0 Å². The Bertz CT molecular complexity index is 2310. The highest BCUT2D eigenvalue weighted by molar-refractivity contribution is 7.26. The van der Waals surface area contributed by atoms with E-state index in [0.29, 0.717) is 0 Å². The van der Waals surface area contributed by atoms with Crippen molar-refractivity contribution in [1.29, 1.82) is 0 Å². The first kappa shape index (κ1) is 21.5. The summed E-state index contributed by atoms with van der Waals surface area (Å²) >= 11 is 1.90. The molecule has 1 nitrogen and oxygen atoms in total. The molecule has 6 aromatic carbocycles. The number of para-hydroxylation sites is 1. The molecule has 2 heteroatoms. The van der Waals surface area contributed by atoms with E-state index in [1.165, 1.54) is 80.7 Å². The third-order valence-electron chi connectivity index (χ3n) is 8.97. The van der Waals surface area contributed by atoms with Gasteiger partial charge in [-0.2, -0.15) is 0 Å². The van der Waals surface area contributed by atoms with Crippen molar-refractivity contribution in [1.82, 2.24) is 4.57 Å². The number of rotatable bonds is 1. The summed E-state index contributed by atoms with van der Waals surface area (Å²) in [4.78, 5) is 0. The Morgan fingerprint density at radius 2 is 1.28 bits per heavy atom. The highest BCUT2D eigenvalue weighted by Crippen LogP contribution is 2.52. The molecule has 0 atom stereocenters. The predicted octanol–water partition coefficient (Wildman–Crippen LogP) is 10.6. The van der Waals surface area contributed by atoms with E-state index in [0.717, 1.165) is 0 Å². The quantitative estimate of drug-likeness (QED) is 0.205. The topological polar surface area (TPSA) is 4.93 Å². The molecule has 0 saturated heterocycles. The summed E-state index contributed by atoms with van der Waals surface area (Å²) in [7, 11) is 0. The van der Waals surface area contributed by atoms with Crippen molar-refractivity contribution in [2.24, 2.45) is 0 Å². The van der Waals surface area contributed by atoms with Crippen molar-refractivity contribution >= 4 is 64.1 Å². The first-order chi connectivity index (χ1) is 19.1. The van der Waals surface area contributed by atoms with Crippen LogP contribution in [0.1, 0.15) is 25.0 Å². The van der Waals surface area contributed by atoms with Crippen LogP contribution in [0, 0.1) is 0 Å². The van der Waals surface area contributed by atoms with Gasteiger partial charge < -0.3 is 4.57 Å². The fourth-order valence-electron chi connectivity index (χ4n) is 7.34. The molecule has 0 saturated carbocycles. The molecule has 2 aromatic heterocycles. The van der Waals surface area contributed by atoms with Gasteiger partial charge in [0.05, 0.1) is 21.4 Å². The summed E-state index contributed by atoms with van der Waals surface area (Å²) in [6, 6.07) is 42.9. The van der Waals surface area contributed by atoms with Crippen molar-refractivity contribution in [2.45, 2.75) is 19.3 Å². The van der Waals surface area contributed by atoms with Crippen molar-refractivity contribution in [2.75, 3.05) is 0 Å². The summed E-state index contributed by atoms with van der Waals surface area (Å²) in [5.74, 6) is 0. The minimum absolute atomic E-state index is 0.0415. The molecule has 1 aliphatic carbocycles. The molecule has 8 aromatic rings. The lowest BCUT2D eigenvalue weighted by Crippen LogP contribution is -2.15. The number of hydrogen-bond donors (Lipinski definition) is 0. The maximum Gasteiger partial charge on any atom is 0.0640 e. The average Bonchev–Trinajstić information content (AvgIpc) is 3.59. The Balaban J connectivity index is 1.43. The summed E-state index contributed by atoms with van der Waals surface area (Å²) in [5.41, 5.74) is 9.36. The molecule has 184 valence electrons. The SMILES string of the molecule is CC1(C)c2ccccc2-c2ccc3c(ccc4c3c3ccccc3n4-c3cccc4c3sc3ccccc34)c21. The van der Waals surface area contributed by atoms with Gasteiger partial charge in [0.2, 0.25) is 0 Å². The first-order valence-corrected chi connectivity index (χ1v) is 14.4. The van der Waals surface area contributed by atoms with Gasteiger partial charge in [0.1, 0.15) is 0 Å². The Kier molecular flexibility index (Phi) is 4.07. The number of benzene rings is 6. The van der Waals surface area contributed by atoms with Crippen LogP contribution in [0.4, 0.5) is 0 Å². The third kappa shape index (κ3) is 2.65. The van der Waals surface area contributed by atoms with E-state index in [-0.39, 0.29) is 5.41 Å². The normalized spacial score (nSPS) is 14.1. The number of aromatic nitrogens is 1. The van der Waals surface area contributed by atoms with Crippen LogP contribution in [0.3, 0.4) is 0 Å². The second-order valence-electron chi connectivity index (χ2n) is 11.3. The minimum atomic E-state index is -0.0415. The molecule has 0 aliphatic heterocycles. The smallest absolute Gasteiger partial charge is 0.0640 e. The van der Waals surface area contributed by atoms with Gasteiger partial charge in [0, 0.05) is 31.7 Å². The second-order valence-corrected chi connectivity index (χ2v) is 12.4. The first-order valence-electron chi connectivity index (χ1n) is 13.6. The predicted molar refractivity (Wildman–Crippen MR) is 169 cm³/mol. The van der Waals surface area contributed by atoms with Crippen molar-refractivity contribution in [3.8, 4) is 16.8 Å². The molecule has 1 aliphatic rings. The van der Waals surface area contributed by atoms with Crippen LogP contribution >= 0.6 is 11.3 Å². The van der Waals surface area contributed by atoms with Gasteiger partial charge in [-0.3, -0.25) is 0 Å². The molecule has 9 rings (SSSR count). The summed E-state index contributed by atoms with van der Waals surface area (Å²) < 4.78 is 5.17. The lowest BCUT2D eigenvalue weighted by molar-refractivity contribution is 0.666. The molecule has 0 bridgehead atoms. The van der Waals surface area contributed by atoms with Gasteiger partial charge in [0.15, 0.2) is 0 Å². The maximum atomic E-state index is 2.49. The lowest BCUT2D eigenvalue weighted by atomic mass is 9.80. The van der Waals surface area contributed by atoms with Crippen LogP contribution in [0.2, 0.25) is 0 Å². The van der Waals surface area contributed by atoms with E-state index in [1.54, 1.807) is 0 Å². The van der Waals surface area contributed by atoms with Crippen LogP contribution in [0.5, 0.6) is 0 Å². The fraction of sp³-hybridized carbons (Fsp3) is 0.0811. The van der Waals surface area contributed by atoms with E-state index in [4.69, 9.17) is 0 Å². The van der Waals surface area contributed by atoms with Crippen molar-refractivity contribution in [3.63, 3.8) is 0 Å². The van der Waals surface area contributed by atoms with Crippen LogP contribution in [0.25, 0.3) is 69.6 Å². The molecular formula is C37H25NS. The highest BCUT2D eigenvalue weighted by atomic mass is 32.1. The molecule has 2 heterocycles. The van der Waals surface area contributed by atoms with E-state index < -0.39 is 0 Å². The highest BCUT2D eigenvalue weighted by Gasteiger charge is 2.36. The molecule has 0 N–H and O–H groups in total. The Morgan fingerprint density at radius 3 is 2.21 bits per heavy atom. The summed E-state index contributed by atoms with van der Waals surface area (Å²) in [5, 5.41) is 8.02. The Hall–Kier alpha value is -4.40. The van der Waals surface area contributed by atoms with Gasteiger partial charge in [-0.15, -0.1) is 11.3 Å². The van der Waals surface area contributed by atoms with Gasteiger partial charge in [-0.1, -0.05) is 105 Å². The number of nitrogens with zero attached hydrogens (tertiary/aromatic N) is 1. The average molecular weight is 516 g/mol. The second kappa shape index (κ2) is 7.37. The van der Waals surface area contributed by atoms with Crippen LogP contribution in [-0.2, 0) is 5.41 Å². The number of thiophene rings is 1. The molecule has 0 fully saturated rings. The largest absolute Gasteiger partial charge is 0.308 e. The number of hydrogen-bond acceptors (Lipinski definition) is 1. The van der Waals surface area contributed by atoms with Gasteiger partial charge in [-0.05, 0) is 57.3 Å². The van der Waals surface area contributed by atoms with E-state index in [1.807, 2.05) is 11.3 Å². The van der Waals surface area contributed by atoms with Crippen LogP contribution < -0.4 is 0 Å². The van der Waals surface area contributed by atoms with Gasteiger partial charge in [0.25, 0.3) is 0 Å². The molecule has 0 unspecified atom stereocenters. The molecule has 39 heavy (non-hydrogen) atoms.